The summed E-state index contributed by atoms with van der Waals surface area (Å²) in [6, 6.07) is 3.45. The van der Waals surface area contributed by atoms with Crippen LogP contribution in [0, 0.1) is 18.3 Å². The molecule has 1 heterocycles. The van der Waals surface area contributed by atoms with Crippen LogP contribution in [0.4, 0.5) is 5.82 Å². The highest BCUT2D eigenvalue weighted by atomic mass is 16.1. The van der Waals surface area contributed by atoms with Gasteiger partial charge in [-0.05, 0) is 18.6 Å². The normalized spacial score (nSPS) is 9.42. The van der Waals surface area contributed by atoms with Gasteiger partial charge in [0.2, 0.25) is 0 Å². The molecule has 1 aromatic heterocycles. The standard InChI is InChI=1S/C8H9N3O/c1-5-3-7(10)11(2)8(12)6(5)4-9/h3H,10H2,1-2H3. The summed E-state index contributed by atoms with van der Waals surface area (Å²) in [5, 5.41) is 8.61. The van der Waals surface area contributed by atoms with Gasteiger partial charge in [0.1, 0.15) is 17.5 Å². The van der Waals surface area contributed by atoms with Crippen molar-refractivity contribution in [1.29, 1.82) is 5.26 Å². The van der Waals surface area contributed by atoms with E-state index >= 15 is 0 Å². The van der Waals surface area contributed by atoms with Gasteiger partial charge in [0, 0.05) is 7.05 Å². The predicted octanol–water partition coefficient (Wildman–Crippen LogP) is 0.148. The van der Waals surface area contributed by atoms with Gasteiger partial charge < -0.3 is 5.73 Å². The molecule has 0 bridgehead atoms. The Kier molecular flexibility index (Phi) is 1.88. The maximum Gasteiger partial charge on any atom is 0.270 e. The van der Waals surface area contributed by atoms with Gasteiger partial charge in [0.15, 0.2) is 0 Å². The molecule has 0 saturated carbocycles. The van der Waals surface area contributed by atoms with Crippen LogP contribution >= 0.6 is 0 Å². The Bertz CT molecular complexity index is 412. The third-order valence-electron chi connectivity index (χ3n) is 1.78. The van der Waals surface area contributed by atoms with Crippen molar-refractivity contribution in [3.63, 3.8) is 0 Å². The zero-order chi connectivity index (χ0) is 9.30. The molecular weight excluding hydrogens is 154 g/mol. The Morgan fingerprint density at radius 1 is 1.67 bits per heavy atom. The minimum Gasteiger partial charge on any atom is -0.385 e. The second kappa shape index (κ2) is 2.70. The van der Waals surface area contributed by atoms with Crippen LogP contribution in [0.5, 0.6) is 0 Å². The fraction of sp³-hybridized carbons (Fsp3) is 0.250. The van der Waals surface area contributed by atoms with Gasteiger partial charge in [0.25, 0.3) is 5.56 Å². The Morgan fingerprint density at radius 3 is 2.75 bits per heavy atom. The second-order valence-corrected chi connectivity index (χ2v) is 2.60. The molecular formula is C8H9N3O. The molecule has 2 N–H and O–H groups in total. The van der Waals surface area contributed by atoms with Crippen molar-refractivity contribution >= 4 is 5.82 Å². The first-order chi connectivity index (χ1) is 5.57. The molecule has 0 radical (unpaired) electrons. The van der Waals surface area contributed by atoms with Gasteiger partial charge in [-0.1, -0.05) is 0 Å². The van der Waals surface area contributed by atoms with Gasteiger partial charge in [-0.2, -0.15) is 5.26 Å². The largest absolute Gasteiger partial charge is 0.385 e. The third-order valence-corrected chi connectivity index (χ3v) is 1.78. The van der Waals surface area contributed by atoms with E-state index in [9.17, 15) is 4.79 Å². The summed E-state index contributed by atoms with van der Waals surface area (Å²) in [7, 11) is 1.54. The summed E-state index contributed by atoms with van der Waals surface area (Å²) in [6.45, 7) is 1.69. The lowest BCUT2D eigenvalue weighted by Crippen LogP contribution is -2.23. The smallest absolute Gasteiger partial charge is 0.270 e. The number of nitrogens with two attached hydrogens (primary N) is 1. The van der Waals surface area contributed by atoms with E-state index in [4.69, 9.17) is 11.0 Å². The molecule has 4 nitrogen and oxygen atoms in total. The third kappa shape index (κ3) is 1.05. The summed E-state index contributed by atoms with van der Waals surface area (Å²) >= 11 is 0. The van der Waals surface area contributed by atoms with Crippen LogP contribution in [0.2, 0.25) is 0 Å². The highest BCUT2D eigenvalue weighted by Crippen LogP contribution is 2.05. The lowest BCUT2D eigenvalue weighted by molar-refractivity contribution is 0.865. The maximum absolute atomic E-state index is 11.3. The van der Waals surface area contributed by atoms with E-state index in [0.717, 1.165) is 0 Å². The first-order valence-electron chi connectivity index (χ1n) is 3.44. The van der Waals surface area contributed by atoms with Crippen LogP contribution in [0.3, 0.4) is 0 Å². The van der Waals surface area contributed by atoms with Crippen molar-refractivity contribution < 1.29 is 0 Å². The number of rotatable bonds is 0. The summed E-state index contributed by atoms with van der Waals surface area (Å²) < 4.78 is 1.26. The molecule has 0 unspecified atom stereocenters. The van der Waals surface area contributed by atoms with E-state index in [1.54, 1.807) is 13.0 Å². The summed E-state index contributed by atoms with van der Waals surface area (Å²) in [6.07, 6.45) is 0. The molecule has 0 aliphatic rings. The van der Waals surface area contributed by atoms with Gasteiger partial charge in [-0.25, -0.2) is 0 Å². The minimum absolute atomic E-state index is 0.159. The molecule has 4 heteroatoms. The molecule has 0 aliphatic heterocycles. The Labute approximate surface area is 69.8 Å². The van der Waals surface area contributed by atoms with Crippen LogP contribution in [0.25, 0.3) is 0 Å². The number of anilines is 1. The fourth-order valence-electron chi connectivity index (χ4n) is 0.980. The maximum atomic E-state index is 11.3. The molecule has 0 aromatic carbocycles. The molecule has 1 aromatic rings. The molecule has 0 amide bonds. The van der Waals surface area contributed by atoms with Gasteiger partial charge in [0.05, 0.1) is 0 Å². The molecule has 62 valence electrons. The second-order valence-electron chi connectivity index (χ2n) is 2.60. The van der Waals surface area contributed by atoms with Crippen LogP contribution in [0.1, 0.15) is 11.1 Å². The predicted molar refractivity (Wildman–Crippen MR) is 45.5 cm³/mol. The van der Waals surface area contributed by atoms with E-state index in [2.05, 4.69) is 0 Å². The minimum atomic E-state index is -0.338. The van der Waals surface area contributed by atoms with E-state index in [0.29, 0.717) is 11.4 Å². The average molecular weight is 163 g/mol. The van der Waals surface area contributed by atoms with E-state index < -0.39 is 0 Å². The number of aryl methyl sites for hydroxylation is 1. The number of hydrogen-bond donors (Lipinski definition) is 1. The Hall–Kier alpha value is -1.76. The van der Waals surface area contributed by atoms with Crippen LogP contribution in [-0.4, -0.2) is 4.57 Å². The number of pyridine rings is 1. The number of hydrogen-bond acceptors (Lipinski definition) is 3. The number of nitrogen functional groups attached to an aromatic ring is 1. The molecule has 0 atom stereocenters. The number of nitrogens with zero attached hydrogens (tertiary/aromatic N) is 2. The molecule has 12 heavy (non-hydrogen) atoms. The fourth-order valence-corrected chi connectivity index (χ4v) is 0.980. The summed E-state index contributed by atoms with van der Waals surface area (Å²) in [5.74, 6) is 0.372. The lowest BCUT2D eigenvalue weighted by atomic mass is 10.2. The molecule has 0 fully saturated rings. The van der Waals surface area contributed by atoms with Gasteiger partial charge in [-0.3, -0.25) is 9.36 Å². The van der Waals surface area contributed by atoms with Crippen molar-refractivity contribution in [3.05, 3.63) is 27.5 Å². The van der Waals surface area contributed by atoms with Crippen LogP contribution < -0.4 is 11.3 Å². The van der Waals surface area contributed by atoms with Crippen molar-refractivity contribution in [2.75, 3.05) is 5.73 Å². The first-order valence-corrected chi connectivity index (χ1v) is 3.44. The first kappa shape index (κ1) is 8.34. The lowest BCUT2D eigenvalue weighted by Gasteiger charge is -2.04. The van der Waals surface area contributed by atoms with E-state index in [1.165, 1.54) is 11.6 Å². The molecule has 0 saturated heterocycles. The monoisotopic (exact) mass is 163 g/mol. The molecule has 1 rings (SSSR count). The van der Waals surface area contributed by atoms with E-state index in [1.807, 2.05) is 6.07 Å². The average Bonchev–Trinajstić information content (AvgIpc) is 2.01. The van der Waals surface area contributed by atoms with Crippen molar-refractivity contribution in [1.82, 2.24) is 4.57 Å². The molecule has 0 aliphatic carbocycles. The number of aromatic nitrogens is 1. The quantitative estimate of drug-likeness (QED) is 0.591. The van der Waals surface area contributed by atoms with Crippen molar-refractivity contribution in [2.24, 2.45) is 7.05 Å². The SMILES string of the molecule is Cc1cc(N)n(C)c(=O)c1C#N. The number of nitriles is 1. The Balaban J connectivity index is 3.66. The zero-order valence-electron chi connectivity index (χ0n) is 6.96. The van der Waals surface area contributed by atoms with Crippen molar-refractivity contribution in [3.8, 4) is 6.07 Å². The van der Waals surface area contributed by atoms with E-state index in [-0.39, 0.29) is 11.1 Å². The summed E-state index contributed by atoms with van der Waals surface area (Å²) in [5.41, 5.74) is 5.94. The Morgan fingerprint density at radius 2 is 2.25 bits per heavy atom. The summed E-state index contributed by atoms with van der Waals surface area (Å²) in [4.78, 5) is 11.3. The topological polar surface area (TPSA) is 71.8 Å². The van der Waals surface area contributed by atoms with Gasteiger partial charge >= 0.3 is 0 Å². The highest BCUT2D eigenvalue weighted by molar-refractivity contribution is 5.43. The van der Waals surface area contributed by atoms with Crippen LogP contribution in [-0.2, 0) is 7.05 Å². The van der Waals surface area contributed by atoms with Crippen LogP contribution in [0.15, 0.2) is 10.9 Å². The highest BCUT2D eigenvalue weighted by Gasteiger charge is 2.06. The molecule has 0 spiro atoms. The van der Waals surface area contributed by atoms with Gasteiger partial charge in [-0.15, -0.1) is 0 Å². The zero-order valence-corrected chi connectivity index (χ0v) is 6.96. The van der Waals surface area contributed by atoms with Crippen molar-refractivity contribution in [2.45, 2.75) is 6.92 Å².